The zero-order chi connectivity index (χ0) is 20.0. The van der Waals surface area contributed by atoms with E-state index >= 15 is 0 Å². The fraction of sp³-hybridized carbons (Fsp3) is 0.409. The fourth-order valence-electron chi connectivity index (χ4n) is 2.91. The zero-order valence-corrected chi connectivity index (χ0v) is 16.7. The quantitative estimate of drug-likeness (QED) is 0.782. The molecule has 1 aliphatic heterocycles. The van der Waals surface area contributed by atoms with Crippen LogP contribution in [0.5, 0.6) is 5.88 Å². The Morgan fingerprint density at radius 1 is 1.14 bits per heavy atom. The van der Waals surface area contributed by atoms with Crippen LogP contribution >= 0.6 is 0 Å². The molecule has 2 aromatic rings. The number of rotatable bonds is 4. The summed E-state index contributed by atoms with van der Waals surface area (Å²) in [6.45, 7) is 7.53. The van der Waals surface area contributed by atoms with E-state index in [1.165, 1.54) is 5.57 Å². The van der Waals surface area contributed by atoms with E-state index in [4.69, 9.17) is 9.47 Å². The molecule has 0 saturated carbocycles. The number of carbonyl (C=O) groups excluding carboxylic acids is 1. The largest absolute Gasteiger partial charge is 0.472 e. The third kappa shape index (κ3) is 6.08. The van der Waals surface area contributed by atoms with Gasteiger partial charge in [0.05, 0.1) is 0 Å². The number of hydrogen-bond acceptors (Lipinski definition) is 5. The van der Waals surface area contributed by atoms with Gasteiger partial charge in [-0.25, -0.2) is 4.79 Å². The summed E-state index contributed by atoms with van der Waals surface area (Å²) in [6.07, 6.45) is 5.35. The minimum absolute atomic E-state index is 0.223. The lowest BCUT2D eigenvalue weighted by Gasteiger charge is -2.31. The molecule has 0 spiro atoms. The maximum absolute atomic E-state index is 12.1. The second kappa shape index (κ2) is 8.87. The van der Waals surface area contributed by atoms with Gasteiger partial charge in [0.15, 0.2) is 0 Å². The number of ether oxygens (including phenoxy) is 2. The minimum atomic E-state index is -0.453. The van der Waals surface area contributed by atoms with E-state index in [1.807, 2.05) is 20.8 Å². The Morgan fingerprint density at radius 3 is 2.46 bits per heavy atom. The van der Waals surface area contributed by atoms with Gasteiger partial charge in [0.2, 0.25) is 5.88 Å². The molecule has 3 rings (SSSR count). The number of likely N-dealkylation sites (tertiary alicyclic amines) is 1. The van der Waals surface area contributed by atoms with Crippen LogP contribution in [-0.4, -0.2) is 39.9 Å². The Hall–Kier alpha value is -2.89. The molecule has 1 saturated heterocycles. The molecule has 1 aromatic carbocycles. The van der Waals surface area contributed by atoms with Crippen LogP contribution in [-0.2, 0) is 11.3 Å². The number of hydrogen-bond donors (Lipinski definition) is 0. The average Bonchev–Trinajstić information content (AvgIpc) is 2.67. The first-order valence-electron chi connectivity index (χ1n) is 9.56. The highest BCUT2D eigenvalue weighted by Crippen LogP contribution is 2.21. The highest BCUT2D eigenvalue weighted by atomic mass is 16.6. The fourth-order valence-corrected chi connectivity index (χ4v) is 2.91. The third-order valence-corrected chi connectivity index (χ3v) is 4.34. The maximum Gasteiger partial charge on any atom is 0.410 e. The van der Waals surface area contributed by atoms with Gasteiger partial charge >= 0.3 is 6.09 Å². The number of aromatic nitrogens is 2. The molecule has 0 N–H and O–H groups in total. The topological polar surface area (TPSA) is 64.5 Å². The summed E-state index contributed by atoms with van der Waals surface area (Å²) < 4.78 is 11.1. The van der Waals surface area contributed by atoms with Crippen LogP contribution in [0.1, 0.15) is 44.7 Å². The summed E-state index contributed by atoms with van der Waals surface area (Å²) in [5, 5.41) is 7.70. The Labute approximate surface area is 166 Å². The normalized spacial score (nSPS) is 14.5. The zero-order valence-electron chi connectivity index (χ0n) is 16.7. The highest BCUT2D eigenvalue weighted by Gasteiger charge is 2.24. The van der Waals surface area contributed by atoms with Crippen molar-refractivity contribution in [1.29, 1.82) is 0 Å². The van der Waals surface area contributed by atoms with E-state index in [0.29, 0.717) is 25.6 Å². The predicted molar refractivity (Wildman–Crippen MR) is 108 cm³/mol. The molecule has 1 fully saturated rings. The van der Waals surface area contributed by atoms with Gasteiger partial charge in [0.1, 0.15) is 12.2 Å². The Kier molecular flexibility index (Phi) is 6.29. The van der Waals surface area contributed by atoms with Crippen LogP contribution in [0.25, 0.3) is 6.08 Å². The summed E-state index contributed by atoms with van der Waals surface area (Å²) in [7, 11) is 0. The molecule has 0 bridgehead atoms. The first-order chi connectivity index (χ1) is 13.4. The van der Waals surface area contributed by atoms with Crippen molar-refractivity contribution in [2.45, 2.75) is 45.8 Å². The van der Waals surface area contributed by atoms with Crippen molar-refractivity contribution in [2.24, 2.45) is 0 Å². The van der Waals surface area contributed by atoms with E-state index < -0.39 is 5.60 Å². The smallest absolute Gasteiger partial charge is 0.410 e. The number of nitrogens with zero attached hydrogens (tertiary/aromatic N) is 3. The molecule has 148 valence electrons. The molecule has 0 radical (unpaired) electrons. The van der Waals surface area contributed by atoms with Crippen LogP contribution in [0.4, 0.5) is 4.79 Å². The summed E-state index contributed by atoms with van der Waals surface area (Å²) in [5.74, 6) is 0.519. The summed E-state index contributed by atoms with van der Waals surface area (Å²) in [6, 6.07) is 11.9. The maximum atomic E-state index is 12.1. The summed E-state index contributed by atoms with van der Waals surface area (Å²) in [4.78, 5) is 13.9. The van der Waals surface area contributed by atoms with Crippen LogP contribution in [0, 0.1) is 0 Å². The van der Waals surface area contributed by atoms with Crippen molar-refractivity contribution in [1.82, 2.24) is 15.1 Å². The van der Waals surface area contributed by atoms with E-state index in [9.17, 15) is 4.79 Å². The molecule has 0 unspecified atom stereocenters. The average molecular weight is 381 g/mol. The van der Waals surface area contributed by atoms with Crippen LogP contribution < -0.4 is 4.74 Å². The van der Waals surface area contributed by atoms with Gasteiger partial charge in [-0.1, -0.05) is 35.9 Å². The third-order valence-electron chi connectivity index (χ3n) is 4.34. The van der Waals surface area contributed by atoms with E-state index in [-0.39, 0.29) is 6.09 Å². The number of benzene rings is 1. The van der Waals surface area contributed by atoms with Crippen molar-refractivity contribution in [2.75, 3.05) is 13.1 Å². The van der Waals surface area contributed by atoms with Crippen LogP contribution in [0.15, 0.2) is 48.2 Å². The second-order valence-electron chi connectivity index (χ2n) is 7.86. The van der Waals surface area contributed by atoms with E-state index in [0.717, 1.165) is 24.0 Å². The van der Waals surface area contributed by atoms with Crippen LogP contribution in [0.2, 0.25) is 0 Å². The van der Waals surface area contributed by atoms with Gasteiger partial charge < -0.3 is 14.4 Å². The van der Waals surface area contributed by atoms with E-state index in [1.54, 1.807) is 23.2 Å². The van der Waals surface area contributed by atoms with Gasteiger partial charge in [-0.05, 0) is 50.8 Å². The Balaban J connectivity index is 1.50. The molecule has 0 aliphatic carbocycles. The predicted octanol–water partition coefficient (Wildman–Crippen LogP) is 4.47. The molecule has 2 heterocycles. The first-order valence-corrected chi connectivity index (χ1v) is 9.56. The molecule has 1 aromatic heterocycles. The SMILES string of the molecule is CC(C)(C)OC(=O)N1CCC(=Cc2ccc(COc3cccnn3)cc2)CC1. The second-order valence-corrected chi connectivity index (χ2v) is 7.86. The Bertz CT molecular complexity index is 801. The van der Waals surface area contributed by atoms with Gasteiger partial charge in [-0.15, -0.1) is 5.10 Å². The minimum Gasteiger partial charge on any atom is -0.472 e. The first kappa shape index (κ1) is 19.9. The molecule has 6 heteroatoms. The standard InChI is InChI=1S/C22H27N3O3/c1-22(2,3)28-21(26)25-13-10-18(11-14-25)15-17-6-8-19(9-7-17)16-27-20-5-4-12-23-24-20/h4-9,12,15H,10-11,13-14,16H2,1-3H3. The molecule has 28 heavy (non-hydrogen) atoms. The number of piperidine rings is 1. The number of amides is 1. The molecular weight excluding hydrogens is 354 g/mol. The monoisotopic (exact) mass is 381 g/mol. The lowest BCUT2D eigenvalue weighted by atomic mass is 10.0. The van der Waals surface area contributed by atoms with Gasteiger partial charge in [-0.3, -0.25) is 0 Å². The molecule has 0 atom stereocenters. The van der Waals surface area contributed by atoms with Gasteiger partial charge in [0, 0.05) is 25.4 Å². The number of carbonyl (C=O) groups is 1. The van der Waals surface area contributed by atoms with Crippen LogP contribution in [0.3, 0.4) is 0 Å². The van der Waals surface area contributed by atoms with Crippen molar-refractivity contribution >= 4 is 12.2 Å². The van der Waals surface area contributed by atoms with Gasteiger partial charge in [-0.2, -0.15) is 5.10 Å². The highest BCUT2D eigenvalue weighted by molar-refractivity contribution is 5.68. The molecule has 6 nitrogen and oxygen atoms in total. The van der Waals surface area contributed by atoms with Crippen molar-refractivity contribution < 1.29 is 14.3 Å². The van der Waals surface area contributed by atoms with Crippen molar-refractivity contribution in [3.8, 4) is 5.88 Å². The van der Waals surface area contributed by atoms with Crippen molar-refractivity contribution in [3.05, 3.63) is 59.3 Å². The van der Waals surface area contributed by atoms with Crippen molar-refractivity contribution in [3.63, 3.8) is 0 Å². The van der Waals surface area contributed by atoms with Gasteiger partial charge in [0.25, 0.3) is 0 Å². The lowest BCUT2D eigenvalue weighted by Crippen LogP contribution is -2.40. The molecule has 1 aliphatic rings. The Morgan fingerprint density at radius 2 is 1.86 bits per heavy atom. The summed E-state index contributed by atoms with van der Waals surface area (Å²) in [5.41, 5.74) is 3.13. The van der Waals surface area contributed by atoms with E-state index in [2.05, 4.69) is 40.5 Å². The summed E-state index contributed by atoms with van der Waals surface area (Å²) >= 11 is 0. The lowest BCUT2D eigenvalue weighted by molar-refractivity contribution is 0.0237. The molecular formula is C22H27N3O3. The molecule has 1 amide bonds.